The summed E-state index contributed by atoms with van der Waals surface area (Å²) in [6.07, 6.45) is 0. The van der Waals surface area contributed by atoms with Crippen molar-refractivity contribution in [3.05, 3.63) is 60.7 Å². The first kappa shape index (κ1) is 16.8. The SMILES string of the molecule is CC(N)CSc1nc2ccccc2cc1-c1ccccc1.Cl. The van der Waals surface area contributed by atoms with Gasteiger partial charge >= 0.3 is 0 Å². The number of rotatable bonds is 4. The Labute approximate surface area is 141 Å². The number of fused-ring (bicyclic) bond motifs is 1. The minimum absolute atomic E-state index is 0. The summed E-state index contributed by atoms with van der Waals surface area (Å²) in [6, 6.07) is 21.0. The maximum atomic E-state index is 5.89. The molecule has 2 nitrogen and oxygen atoms in total. The number of thioether (sulfide) groups is 1. The molecule has 0 spiro atoms. The number of halogens is 1. The lowest BCUT2D eigenvalue weighted by atomic mass is 10.1. The summed E-state index contributed by atoms with van der Waals surface area (Å²) in [5, 5.41) is 2.22. The van der Waals surface area contributed by atoms with Crippen molar-refractivity contribution in [2.75, 3.05) is 5.75 Å². The zero-order valence-electron chi connectivity index (χ0n) is 12.4. The molecule has 1 unspecified atom stereocenters. The molecule has 0 aliphatic heterocycles. The minimum atomic E-state index is 0. The van der Waals surface area contributed by atoms with Crippen molar-refractivity contribution >= 4 is 35.1 Å². The van der Waals surface area contributed by atoms with Gasteiger partial charge in [-0.3, -0.25) is 0 Å². The molecule has 0 bridgehead atoms. The van der Waals surface area contributed by atoms with Crippen LogP contribution in [0.15, 0.2) is 65.7 Å². The maximum absolute atomic E-state index is 5.89. The van der Waals surface area contributed by atoms with E-state index in [1.807, 2.05) is 25.1 Å². The van der Waals surface area contributed by atoms with Crippen molar-refractivity contribution in [1.29, 1.82) is 0 Å². The Morgan fingerprint density at radius 1 is 1.05 bits per heavy atom. The highest BCUT2D eigenvalue weighted by molar-refractivity contribution is 7.99. The van der Waals surface area contributed by atoms with Crippen molar-refractivity contribution in [2.24, 2.45) is 5.73 Å². The summed E-state index contributed by atoms with van der Waals surface area (Å²) in [5.41, 5.74) is 9.30. The lowest BCUT2D eigenvalue weighted by Crippen LogP contribution is -2.17. The number of benzene rings is 2. The molecule has 4 heteroatoms. The molecule has 0 amide bonds. The van der Waals surface area contributed by atoms with Gasteiger partial charge < -0.3 is 5.73 Å². The molecule has 3 aromatic rings. The van der Waals surface area contributed by atoms with Gasteiger partial charge in [0.1, 0.15) is 5.03 Å². The summed E-state index contributed by atoms with van der Waals surface area (Å²) in [5.74, 6) is 0.866. The molecule has 0 radical (unpaired) electrons. The van der Waals surface area contributed by atoms with E-state index in [0.29, 0.717) is 0 Å². The van der Waals surface area contributed by atoms with Crippen LogP contribution in [-0.2, 0) is 0 Å². The molecule has 1 atom stereocenters. The molecule has 2 aromatic carbocycles. The van der Waals surface area contributed by atoms with E-state index in [0.717, 1.165) is 16.3 Å². The lowest BCUT2D eigenvalue weighted by Gasteiger charge is -2.12. The Morgan fingerprint density at radius 2 is 1.73 bits per heavy atom. The van der Waals surface area contributed by atoms with E-state index in [2.05, 4.69) is 42.5 Å². The van der Waals surface area contributed by atoms with Gasteiger partial charge in [0, 0.05) is 22.7 Å². The number of hydrogen-bond donors (Lipinski definition) is 1. The zero-order chi connectivity index (χ0) is 14.7. The third-order valence-corrected chi connectivity index (χ3v) is 4.53. The first-order valence-corrected chi connectivity index (χ1v) is 8.06. The lowest BCUT2D eigenvalue weighted by molar-refractivity contribution is 0.846. The van der Waals surface area contributed by atoms with E-state index in [9.17, 15) is 0 Å². The highest BCUT2D eigenvalue weighted by atomic mass is 35.5. The second-order valence-electron chi connectivity index (χ2n) is 5.19. The first-order chi connectivity index (χ1) is 10.2. The predicted molar refractivity (Wildman–Crippen MR) is 98.8 cm³/mol. The summed E-state index contributed by atoms with van der Waals surface area (Å²) < 4.78 is 0. The van der Waals surface area contributed by atoms with E-state index in [1.54, 1.807) is 11.8 Å². The highest BCUT2D eigenvalue weighted by Gasteiger charge is 2.10. The van der Waals surface area contributed by atoms with Crippen LogP contribution < -0.4 is 5.73 Å². The fraction of sp³-hybridized carbons (Fsp3) is 0.167. The average molecular weight is 331 g/mol. The number of para-hydroxylation sites is 1. The second kappa shape index (κ2) is 7.63. The molecule has 1 aromatic heterocycles. The maximum Gasteiger partial charge on any atom is 0.105 e. The van der Waals surface area contributed by atoms with Gasteiger partial charge in [0.15, 0.2) is 0 Å². The van der Waals surface area contributed by atoms with Gasteiger partial charge in [-0.2, -0.15) is 0 Å². The number of nitrogens with two attached hydrogens (primary N) is 1. The van der Waals surface area contributed by atoms with Crippen molar-refractivity contribution in [3.63, 3.8) is 0 Å². The molecule has 114 valence electrons. The Morgan fingerprint density at radius 3 is 2.45 bits per heavy atom. The minimum Gasteiger partial charge on any atom is -0.327 e. The fourth-order valence-electron chi connectivity index (χ4n) is 2.24. The third-order valence-electron chi connectivity index (χ3n) is 3.26. The molecule has 2 N–H and O–H groups in total. The van der Waals surface area contributed by atoms with E-state index in [1.165, 1.54) is 16.5 Å². The first-order valence-electron chi connectivity index (χ1n) is 7.07. The topological polar surface area (TPSA) is 38.9 Å². The zero-order valence-corrected chi connectivity index (χ0v) is 14.0. The smallest absolute Gasteiger partial charge is 0.105 e. The summed E-state index contributed by atoms with van der Waals surface area (Å²) in [6.45, 7) is 2.02. The third kappa shape index (κ3) is 3.80. The molecular weight excluding hydrogens is 312 g/mol. The van der Waals surface area contributed by atoms with Gasteiger partial charge in [-0.05, 0) is 24.6 Å². The van der Waals surface area contributed by atoms with Crippen LogP contribution >= 0.6 is 24.2 Å². The van der Waals surface area contributed by atoms with E-state index in [4.69, 9.17) is 10.7 Å². The number of aromatic nitrogens is 1. The Hall–Kier alpha value is -1.55. The summed E-state index contributed by atoms with van der Waals surface area (Å²) in [7, 11) is 0. The quantitative estimate of drug-likeness (QED) is 0.701. The predicted octanol–water partition coefficient (Wildman–Crippen LogP) is 4.76. The fourth-order valence-corrected chi connectivity index (χ4v) is 3.16. The van der Waals surface area contributed by atoms with Crippen molar-refractivity contribution in [1.82, 2.24) is 4.98 Å². The van der Waals surface area contributed by atoms with Crippen LogP contribution in [-0.4, -0.2) is 16.8 Å². The Kier molecular flexibility index (Phi) is 5.83. The Balaban J connectivity index is 0.00000176. The molecule has 0 aliphatic carbocycles. The van der Waals surface area contributed by atoms with E-state index >= 15 is 0 Å². The van der Waals surface area contributed by atoms with Gasteiger partial charge in [0.2, 0.25) is 0 Å². The summed E-state index contributed by atoms with van der Waals surface area (Å²) in [4.78, 5) is 4.83. The van der Waals surface area contributed by atoms with Crippen LogP contribution in [0.1, 0.15) is 6.92 Å². The van der Waals surface area contributed by atoms with E-state index in [-0.39, 0.29) is 18.4 Å². The summed E-state index contributed by atoms with van der Waals surface area (Å²) >= 11 is 1.73. The second-order valence-corrected chi connectivity index (χ2v) is 6.20. The largest absolute Gasteiger partial charge is 0.327 e. The van der Waals surface area contributed by atoms with Crippen LogP contribution in [0, 0.1) is 0 Å². The van der Waals surface area contributed by atoms with Crippen molar-refractivity contribution in [3.8, 4) is 11.1 Å². The molecule has 0 saturated heterocycles. The van der Waals surface area contributed by atoms with Gasteiger partial charge in [0.25, 0.3) is 0 Å². The molecule has 0 saturated carbocycles. The van der Waals surface area contributed by atoms with Crippen molar-refractivity contribution in [2.45, 2.75) is 18.0 Å². The van der Waals surface area contributed by atoms with Crippen LogP contribution in [0.2, 0.25) is 0 Å². The van der Waals surface area contributed by atoms with Gasteiger partial charge in [-0.1, -0.05) is 48.5 Å². The molecule has 0 fully saturated rings. The van der Waals surface area contributed by atoms with Crippen molar-refractivity contribution < 1.29 is 0 Å². The molecule has 22 heavy (non-hydrogen) atoms. The van der Waals surface area contributed by atoms with Gasteiger partial charge in [-0.15, -0.1) is 24.2 Å². The molecule has 3 rings (SSSR count). The number of nitrogens with zero attached hydrogens (tertiary/aromatic N) is 1. The average Bonchev–Trinajstić information content (AvgIpc) is 2.53. The molecule has 1 heterocycles. The van der Waals surface area contributed by atoms with Crippen LogP contribution in [0.3, 0.4) is 0 Å². The van der Waals surface area contributed by atoms with Gasteiger partial charge in [-0.25, -0.2) is 4.98 Å². The van der Waals surface area contributed by atoms with Crippen LogP contribution in [0.4, 0.5) is 0 Å². The van der Waals surface area contributed by atoms with Gasteiger partial charge in [0.05, 0.1) is 5.52 Å². The normalized spacial score (nSPS) is 11.9. The van der Waals surface area contributed by atoms with Crippen LogP contribution in [0.25, 0.3) is 22.0 Å². The molecular formula is C18H19ClN2S. The highest BCUT2D eigenvalue weighted by Crippen LogP contribution is 2.32. The monoisotopic (exact) mass is 330 g/mol. The number of pyridine rings is 1. The van der Waals surface area contributed by atoms with E-state index < -0.39 is 0 Å². The standard InChI is InChI=1S/C18H18N2S.ClH/c1-13(19)12-21-18-16(14-7-3-2-4-8-14)11-15-9-5-6-10-17(15)20-18;/h2-11,13H,12,19H2,1H3;1H. The Bertz CT molecular complexity index is 744. The van der Waals surface area contributed by atoms with Crippen LogP contribution in [0.5, 0.6) is 0 Å². The molecule has 0 aliphatic rings. The number of hydrogen-bond acceptors (Lipinski definition) is 3.